The van der Waals surface area contributed by atoms with E-state index < -0.39 is 0 Å². The summed E-state index contributed by atoms with van der Waals surface area (Å²) in [7, 11) is 5.58. The number of guanidine groups is 1. The van der Waals surface area contributed by atoms with Crippen LogP contribution in [0.3, 0.4) is 0 Å². The molecule has 1 aliphatic heterocycles. The maximum Gasteiger partial charge on any atom is 0.191 e. The summed E-state index contributed by atoms with van der Waals surface area (Å²) in [5.41, 5.74) is 3.78. The van der Waals surface area contributed by atoms with E-state index in [9.17, 15) is 0 Å². The number of hydrogen-bond donors (Lipinski definition) is 2. The molecular weight excluding hydrogens is 531 g/mol. The largest absolute Gasteiger partial charge is 0.493 e. The van der Waals surface area contributed by atoms with Gasteiger partial charge in [0.1, 0.15) is 18.1 Å². The van der Waals surface area contributed by atoms with Gasteiger partial charge < -0.3 is 29.7 Å². The molecule has 0 amide bonds. The Balaban J connectivity index is 0.00000385. The predicted octanol–water partition coefficient (Wildman–Crippen LogP) is 3.10. The van der Waals surface area contributed by atoms with Gasteiger partial charge in [0.25, 0.3) is 0 Å². The van der Waals surface area contributed by atoms with Gasteiger partial charge in [-0.3, -0.25) is 4.99 Å². The molecule has 8 heteroatoms. The zero-order valence-electron chi connectivity index (χ0n) is 19.9. The van der Waals surface area contributed by atoms with Gasteiger partial charge in [-0.15, -0.1) is 24.0 Å². The topological polar surface area (TPSA) is 67.4 Å². The molecule has 182 valence electrons. The van der Waals surface area contributed by atoms with E-state index in [1.807, 2.05) is 12.1 Å². The van der Waals surface area contributed by atoms with Gasteiger partial charge in [-0.25, -0.2) is 0 Å². The summed E-state index contributed by atoms with van der Waals surface area (Å²) in [6.45, 7) is 5.44. The Bertz CT molecular complexity index is 878. The van der Waals surface area contributed by atoms with Crippen molar-refractivity contribution in [3.05, 3.63) is 59.2 Å². The molecule has 0 aromatic heterocycles. The molecule has 7 nitrogen and oxygen atoms in total. The minimum atomic E-state index is 0. The lowest BCUT2D eigenvalue weighted by Gasteiger charge is -2.16. The summed E-state index contributed by atoms with van der Waals surface area (Å²) >= 11 is 0. The molecule has 3 rings (SSSR count). The molecule has 0 radical (unpaired) electrons. The molecule has 0 unspecified atom stereocenters. The maximum atomic E-state index is 5.91. The average molecular weight is 569 g/mol. The highest BCUT2D eigenvalue weighted by molar-refractivity contribution is 14.0. The first kappa shape index (κ1) is 27.2. The standard InChI is InChI=1S/C25H36N4O3.HI/c1-26-25(27-11-9-20-7-8-24-22(17-20)10-14-32-24)28-19-21-5-4-6-23(18-21)31-16-13-29(2)12-15-30-3;/h4-8,17-18H,9-16,19H2,1-3H3,(H2,26,27,28);1H. The highest BCUT2D eigenvalue weighted by Crippen LogP contribution is 2.25. The monoisotopic (exact) mass is 568 g/mol. The third-order valence-corrected chi connectivity index (χ3v) is 5.46. The molecular formula is C25H37IN4O3. The molecule has 0 saturated carbocycles. The van der Waals surface area contributed by atoms with Crippen molar-refractivity contribution in [2.45, 2.75) is 19.4 Å². The average Bonchev–Trinajstić information content (AvgIpc) is 3.28. The van der Waals surface area contributed by atoms with Crippen LogP contribution in [0, 0.1) is 0 Å². The molecule has 0 spiro atoms. The van der Waals surface area contributed by atoms with E-state index >= 15 is 0 Å². The summed E-state index contributed by atoms with van der Waals surface area (Å²) < 4.78 is 16.6. The fourth-order valence-electron chi connectivity index (χ4n) is 3.55. The number of ether oxygens (including phenoxy) is 3. The fraction of sp³-hybridized carbons (Fsp3) is 0.480. The highest BCUT2D eigenvalue weighted by Gasteiger charge is 2.11. The number of rotatable bonds is 12. The molecule has 2 N–H and O–H groups in total. The van der Waals surface area contributed by atoms with E-state index in [1.165, 1.54) is 11.1 Å². The second kappa shape index (κ2) is 15.0. The van der Waals surface area contributed by atoms with Crippen LogP contribution >= 0.6 is 24.0 Å². The molecule has 1 aliphatic rings. The van der Waals surface area contributed by atoms with Crippen molar-refractivity contribution in [3.63, 3.8) is 0 Å². The lowest BCUT2D eigenvalue weighted by molar-refractivity contribution is 0.150. The summed E-state index contributed by atoms with van der Waals surface area (Å²) in [5.74, 6) is 2.71. The number of nitrogens with one attached hydrogen (secondary N) is 2. The summed E-state index contributed by atoms with van der Waals surface area (Å²) in [6.07, 6.45) is 1.95. The molecule has 1 heterocycles. The zero-order chi connectivity index (χ0) is 22.6. The Morgan fingerprint density at radius 2 is 1.94 bits per heavy atom. The van der Waals surface area contributed by atoms with Crippen LogP contribution in [0.25, 0.3) is 0 Å². The van der Waals surface area contributed by atoms with Crippen molar-refractivity contribution in [2.75, 3.05) is 60.7 Å². The van der Waals surface area contributed by atoms with Gasteiger partial charge in [-0.1, -0.05) is 24.3 Å². The first-order valence-corrected chi connectivity index (χ1v) is 11.3. The molecule has 33 heavy (non-hydrogen) atoms. The smallest absolute Gasteiger partial charge is 0.191 e. The van der Waals surface area contributed by atoms with Crippen molar-refractivity contribution >= 4 is 29.9 Å². The van der Waals surface area contributed by atoms with Gasteiger partial charge in [0, 0.05) is 46.8 Å². The second-order valence-corrected chi connectivity index (χ2v) is 7.94. The Hall–Kier alpha value is -2.04. The van der Waals surface area contributed by atoms with Gasteiger partial charge in [0.15, 0.2) is 5.96 Å². The van der Waals surface area contributed by atoms with Gasteiger partial charge in [-0.05, 0) is 48.4 Å². The van der Waals surface area contributed by atoms with E-state index in [0.717, 1.165) is 68.7 Å². The lowest BCUT2D eigenvalue weighted by Crippen LogP contribution is -2.37. The van der Waals surface area contributed by atoms with E-state index in [4.69, 9.17) is 14.2 Å². The van der Waals surface area contributed by atoms with Crippen LogP contribution in [0.1, 0.15) is 16.7 Å². The minimum absolute atomic E-state index is 0. The Morgan fingerprint density at radius 1 is 1.09 bits per heavy atom. The van der Waals surface area contributed by atoms with Crippen LogP contribution in [0.5, 0.6) is 11.5 Å². The third kappa shape index (κ3) is 9.38. The molecule has 0 fully saturated rings. The molecule has 0 saturated heterocycles. The SMILES string of the molecule is CN=C(NCCc1ccc2c(c1)CCO2)NCc1cccc(OCCN(C)CCOC)c1.I. The quantitative estimate of drug-likeness (QED) is 0.233. The maximum absolute atomic E-state index is 5.91. The number of nitrogens with zero attached hydrogens (tertiary/aromatic N) is 2. The number of fused-ring (bicyclic) bond motifs is 1. The summed E-state index contributed by atoms with van der Waals surface area (Å²) in [4.78, 5) is 6.53. The fourth-order valence-corrected chi connectivity index (χ4v) is 3.55. The first-order chi connectivity index (χ1) is 15.7. The van der Waals surface area contributed by atoms with Crippen LogP contribution in [-0.2, 0) is 24.1 Å². The van der Waals surface area contributed by atoms with Crippen LogP contribution in [0.15, 0.2) is 47.5 Å². The molecule has 0 atom stereocenters. The molecule has 2 aromatic rings. The Labute approximate surface area is 214 Å². The van der Waals surface area contributed by atoms with E-state index in [0.29, 0.717) is 13.2 Å². The molecule has 0 bridgehead atoms. The third-order valence-electron chi connectivity index (χ3n) is 5.46. The minimum Gasteiger partial charge on any atom is -0.493 e. The number of aliphatic imine (C=N–C) groups is 1. The van der Waals surface area contributed by atoms with Crippen molar-refractivity contribution in [1.82, 2.24) is 15.5 Å². The van der Waals surface area contributed by atoms with Crippen LogP contribution in [-0.4, -0.2) is 71.5 Å². The van der Waals surface area contributed by atoms with Gasteiger partial charge in [-0.2, -0.15) is 0 Å². The highest BCUT2D eigenvalue weighted by atomic mass is 127. The van der Waals surface area contributed by atoms with Crippen molar-refractivity contribution in [3.8, 4) is 11.5 Å². The van der Waals surface area contributed by atoms with Crippen molar-refractivity contribution in [2.24, 2.45) is 4.99 Å². The van der Waals surface area contributed by atoms with Gasteiger partial charge in [0.05, 0.1) is 13.2 Å². The predicted molar refractivity (Wildman–Crippen MR) is 144 cm³/mol. The summed E-state index contributed by atoms with van der Waals surface area (Å²) in [5, 5.41) is 6.77. The van der Waals surface area contributed by atoms with Crippen LogP contribution < -0.4 is 20.1 Å². The summed E-state index contributed by atoms with van der Waals surface area (Å²) in [6, 6.07) is 14.6. The second-order valence-electron chi connectivity index (χ2n) is 7.94. The van der Waals surface area contributed by atoms with E-state index in [1.54, 1.807) is 14.2 Å². The molecule has 2 aromatic carbocycles. The normalized spacial score (nSPS) is 12.7. The molecule has 0 aliphatic carbocycles. The van der Waals surface area contributed by atoms with Crippen LogP contribution in [0.4, 0.5) is 0 Å². The lowest BCUT2D eigenvalue weighted by atomic mass is 10.1. The number of halogens is 1. The van der Waals surface area contributed by atoms with Crippen molar-refractivity contribution in [1.29, 1.82) is 0 Å². The van der Waals surface area contributed by atoms with Crippen LogP contribution in [0.2, 0.25) is 0 Å². The van der Waals surface area contributed by atoms with E-state index in [2.05, 4.69) is 57.9 Å². The Morgan fingerprint density at radius 3 is 2.76 bits per heavy atom. The number of benzene rings is 2. The van der Waals surface area contributed by atoms with Gasteiger partial charge in [0.2, 0.25) is 0 Å². The first-order valence-electron chi connectivity index (χ1n) is 11.3. The Kier molecular flexibility index (Phi) is 12.3. The van der Waals surface area contributed by atoms with Crippen molar-refractivity contribution < 1.29 is 14.2 Å². The number of methoxy groups -OCH3 is 1. The van der Waals surface area contributed by atoms with Gasteiger partial charge >= 0.3 is 0 Å². The zero-order valence-corrected chi connectivity index (χ0v) is 22.3. The van der Waals surface area contributed by atoms with E-state index in [-0.39, 0.29) is 24.0 Å². The number of hydrogen-bond acceptors (Lipinski definition) is 5. The number of likely N-dealkylation sites (N-methyl/N-ethyl adjacent to an activating group) is 1.